The first kappa shape index (κ1) is 72.9. The zero-order valence-electron chi connectivity index (χ0n) is 51.2. The van der Waals surface area contributed by atoms with Crippen molar-refractivity contribution in [1.82, 2.24) is 0 Å². The number of rotatable bonds is 66. The monoisotopic (exact) mass is 1050 g/mol. The second-order valence-electron chi connectivity index (χ2n) is 23.8. The highest BCUT2D eigenvalue weighted by Crippen LogP contribution is 2.19. The van der Waals surface area contributed by atoms with Crippen molar-refractivity contribution in [2.24, 2.45) is 0 Å². The lowest BCUT2D eigenvalue weighted by Gasteiger charge is -2.18. The molecule has 0 spiro atoms. The Hall–Kier alpha value is -1.10. The van der Waals surface area contributed by atoms with E-state index in [4.69, 9.17) is 14.2 Å². The molecule has 0 aromatic rings. The Morgan fingerprint density at radius 2 is 0.392 bits per heavy atom. The molecule has 0 rings (SSSR count). The molecule has 5 nitrogen and oxygen atoms in total. The molecular formula is C69H136O5. The molecule has 0 fully saturated rings. The molecule has 0 heterocycles. The summed E-state index contributed by atoms with van der Waals surface area (Å²) in [5.41, 5.74) is 0. The van der Waals surface area contributed by atoms with Gasteiger partial charge in [0.1, 0.15) is 19.3 Å². The topological polar surface area (TPSA) is 61.8 Å². The Morgan fingerprint density at radius 1 is 0.230 bits per heavy atom. The fourth-order valence-corrected chi connectivity index (χ4v) is 11.0. The normalized spacial score (nSPS) is 11.6. The smallest absolute Gasteiger partial charge is 0.305 e. The van der Waals surface area contributed by atoms with Crippen molar-refractivity contribution in [2.45, 2.75) is 412 Å². The van der Waals surface area contributed by atoms with Crippen molar-refractivity contribution in [3.05, 3.63) is 0 Å². The number of hydrogen-bond acceptors (Lipinski definition) is 5. The fourth-order valence-electron chi connectivity index (χ4n) is 11.0. The molecule has 0 N–H and O–H groups in total. The van der Waals surface area contributed by atoms with Crippen LogP contribution < -0.4 is 0 Å². The molecule has 0 saturated carbocycles. The number of esters is 2. The Bertz CT molecular complexity index is 983. The number of unbranched alkanes of at least 4 members (excludes halogenated alkanes) is 55. The molecule has 0 aromatic carbocycles. The Morgan fingerprint density at radius 3 is 0.581 bits per heavy atom. The van der Waals surface area contributed by atoms with Crippen LogP contribution in [0.4, 0.5) is 0 Å². The van der Waals surface area contributed by atoms with Crippen molar-refractivity contribution in [1.29, 1.82) is 0 Å². The molecule has 5 heteroatoms. The summed E-state index contributed by atoms with van der Waals surface area (Å²) in [5.74, 6) is -0.297. The second kappa shape index (κ2) is 66.2. The summed E-state index contributed by atoms with van der Waals surface area (Å²) in [7, 11) is 0. The molecule has 0 radical (unpaired) electrons. The van der Waals surface area contributed by atoms with Crippen LogP contribution in [-0.2, 0) is 23.8 Å². The van der Waals surface area contributed by atoms with Gasteiger partial charge in [-0.25, -0.2) is 0 Å². The van der Waals surface area contributed by atoms with Crippen molar-refractivity contribution < 1.29 is 23.8 Å². The SMILES string of the molecule is CCCCCCCCCCCCCCCCCCCCCCCC(=O)OCC(COC(=O)CCCCCCCCCCCCCCCCCCCCCCC)OCCCCCCCCCCCCCCCCCC. The summed E-state index contributed by atoms with van der Waals surface area (Å²) >= 11 is 0. The van der Waals surface area contributed by atoms with Gasteiger partial charge in [0.2, 0.25) is 0 Å². The van der Waals surface area contributed by atoms with Crippen LogP contribution in [0, 0.1) is 0 Å². The maximum absolute atomic E-state index is 12.7. The van der Waals surface area contributed by atoms with Gasteiger partial charge in [0, 0.05) is 19.4 Å². The Labute approximate surface area is 465 Å². The zero-order valence-corrected chi connectivity index (χ0v) is 51.2. The summed E-state index contributed by atoms with van der Waals surface area (Å²) in [5, 5.41) is 0. The summed E-state index contributed by atoms with van der Waals surface area (Å²) in [6.07, 6.45) is 79.0. The van der Waals surface area contributed by atoms with Gasteiger partial charge in [0.15, 0.2) is 0 Å². The molecule has 0 aliphatic rings. The van der Waals surface area contributed by atoms with Crippen LogP contribution in [-0.4, -0.2) is 37.9 Å². The lowest BCUT2D eigenvalue weighted by Crippen LogP contribution is -2.29. The summed E-state index contributed by atoms with van der Waals surface area (Å²) in [4.78, 5) is 25.5. The first-order chi connectivity index (χ1) is 36.6. The molecule has 0 aliphatic carbocycles. The van der Waals surface area contributed by atoms with E-state index in [1.54, 1.807) is 0 Å². The minimum Gasteiger partial charge on any atom is -0.463 e. The molecule has 442 valence electrons. The molecule has 0 aromatic heterocycles. The molecule has 0 amide bonds. The Kier molecular flexibility index (Phi) is 65.2. The standard InChI is InChI=1S/C69H136O5/c1-4-7-10-13-16-19-22-25-28-31-33-35-37-39-41-44-47-50-53-56-59-62-68(70)73-65-67(72-64-61-58-55-52-49-46-43-30-27-24-21-18-15-12-9-6-3)66-74-69(71)63-60-57-54-51-48-45-42-40-38-36-34-32-29-26-23-20-17-14-11-8-5-2/h67H,4-66H2,1-3H3. The van der Waals surface area contributed by atoms with Gasteiger partial charge in [-0.2, -0.15) is 0 Å². The lowest BCUT2D eigenvalue weighted by molar-refractivity contribution is -0.155. The van der Waals surface area contributed by atoms with E-state index in [0.29, 0.717) is 19.4 Å². The van der Waals surface area contributed by atoms with E-state index < -0.39 is 6.10 Å². The van der Waals surface area contributed by atoms with E-state index >= 15 is 0 Å². The van der Waals surface area contributed by atoms with Gasteiger partial charge in [-0.05, 0) is 19.3 Å². The number of carbonyl (C=O) groups excluding carboxylic acids is 2. The molecular weight excluding hydrogens is 909 g/mol. The molecule has 0 saturated heterocycles. The van der Waals surface area contributed by atoms with Crippen molar-refractivity contribution >= 4 is 11.9 Å². The Balaban J connectivity index is 4.13. The highest BCUT2D eigenvalue weighted by Gasteiger charge is 2.16. The predicted molar refractivity (Wildman–Crippen MR) is 326 cm³/mol. The first-order valence-electron chi connectivity index (χ1n) is 34.6. The van der Waals surface area contributed by atoms with Gasteiger partial charge >= 0.3 is 11.9 Å². The third kappa shape index (κ3) is 63.4. The van der Waals surface area contributed by atoms with Crippen LogP contribution in [0.25, 0.3) is 0 Å². The highest BCUT2D eigenvalue weighted by atomic mass is 16.6. The number of hydrogen-bond donors (Lipinski definition) is 0. The summed E-state index contributed by atoms with van der Waals surface area (Å²) in [6, 6.07) is 0. The third-order valence-electron chi connectivity index (χ3n) is 16.2. The molecule has 0 unspecified atom stereocenters. The first-order valence-corrected chi connectivity index (χ1v) is 34.6. The van der Waals surface area contributed by atoms with Gasteiger partial charge in [0.05, 0.1) is 0 Å². The van der Waals surface area contributed by atoms with Gasteiger partial charge < -0.3 is 14.2 Å². The number of carbonyl (C=O) groups is 2. The minimum atomic E-state index is -0.390. The van der Waals surface area contributed by atoms with E-state index in [1.165, 1.54) is 334 Å². The van der Waals surface area contributed by atoms with Crippen LogP contribution in [0.1, 0.15) is 406 Å². The van der Waals surface area contributed by atoms with E-state index in [9.17, 15) is 9.59 Å². The van der Waals surface area contributed by atoms with E-state index in [1.807, 2.05) is 0 Å². The quantitative estimate of drug-likeness (QED) is 0.0449. The minimum absolute atomic E-state index is 0.148. The maximum atomic E-state index is 12.7. The molecule has 74 heavy (non-hydrogen) atoms. The van der Waals surface area contributed by atoms with Crippen molar-refractivity contribution in [3.8, 4) is 0 Å². The molecule has 0 aliphatic heterocycles. The van der Waals surface area contributed by atoms with Gasteiger partial charge in [-0.3, -0.25) is 9.59 Å². The van der Waals surface area contributed by atoms with Gasteiger partial charge in [-0.15, -0.1) is 0 Å². The molecule has 0 bridgehead atoms. The van der Waals surface area contributed by atoms with Crippen LogP contribution in [0.5, 0.6) is 0 Å². The summed E-state index contributed by atoms with van der Waals surface area (Å²) < 4.78 is 17.6. The lowest BCUT2D eigenvalue weighted by atomic mass is 10.0. The largest absolute Gasteiger partial charge is 0.463 e. The van der Waals surface area contributed by atoms with Crippen LogP contribution in [0.2, 0.25) is 0 Å². The van der Waals surface area contributed by atoms with Crippen molar-refractivity contribution in [3.63, 3.8) is 0 Å². The average molecular weight is 1050 g/mol. The van der Waals surface area contributed by atoms with Gasteiger partial charge in [0.25, 0.3) is 0 Å². The van der Waals surface area contributed by atoms with Crippen LogP contribution in [0.3, 0.4) is 0 Å². The van der Waals surface area contributed by atoms with Crippen LogP contribution in [0.15, 0.2) is 0 Å². The zero-order chi connectivity index (χ0) is 53.4. The maximum Gasteiger partial charge on any atom is 0.305 e. The van der Waals surface area contributed by atoms with E-state index in [-0.39, 0.29) is 25.2 Å². The highest BCUT2D eigenvalue weighted by molar-refractivity contribution is 5.69. The average Bonchev–Trinajstić information content (AvgIpc) is 3.40. The predicted octanol–water partition coefficient (Wildman–Crippen LogP) is 23.9. The fraction of sp³-hybridized carbons (Fsp3) is 0.971. The number of ether oxygens (including phenoxy) is 3. The van der Waals surface area contributed by atoms with Crippen LogP contribution >= 0.6 is 0 Å². The van der Waals surface area contributed by atoms with Crippen molar-refractivity contribution in [2.75, 3.05) is 19.8 Å². The summed E-state index contributed by atoms with van der Waals surface area (Å²) in [6.45, 7) is 7.85. The third-order valence-corrected chi connectivity index (χ3v) is 16.2. The van der Waals surface area contributed by atoms with Gasteiger partial charge in [-0.1, -0.05) is 374 Å². The second-order valence-corrected chi connectivity index (χ2v) is 23.8. The van der Waals surface area contributed by atoms with E-state index in [2.05, 4.69) is 20.8 Å². The van der Waals surface area contributed by atoms with E-state index in [0.717, 1.165) is 38.5 Å². The molecule has 0 atom stereocenters.